The maximum absolute atomic E-state index is 11.7. The van der Waals surface area contributed by atoms with Gasteiger partial charge in [-0.2, -0.15) is 5.26 Å². The molecule has 1 amide bonds. The number of amides is 1. The van der Waals surface area contributed by atoms with Crippen LogP contribution >= 0.6 is 22.9 Å². The average Bonchev–Trinajstić information content (AvgIpc) is 2.92. The minimum atomic E-state index is -0.617. The van der Waals surface area contributed by atoms with Crippen LogP contribution in [0.5, 0.6) is 0 Å². The third kappa shape index (κ3) is 4.05. The molecule has 106 valence electrons. The Morgan fingerprint density at radius 2 is 2.00 bits per heavy atom. The number of hydrogen-bond donors (Lipinski definition) is 1. The van der Waals surface area contributed by atoms with Gasteiger partial charge in [-0.3, -0.25) is 4.79 Å². The first-order chi connectivity index (χ1) is 10.1. The van der Waals surface area contributed by atoms with E-state index in [9.17, 15) is 9.59 Å². The quantitative estimate of drug-likeness (QED) is 0.878. The summed E-state index contributed by atoms with van der Waals surface area (Å²) in [4.78, 5) is 23.3. The SMILES string of the molecule is N#Cc1ccsc1NC(=O)COC(=O)c1ccc(Cl)cc1. The van der Waals surface area contributed by atoms with E-state index in [-0.39, 0.29) is 0 Å². The zero-order chi connectivity index (χ0) is 15.2. The number of esters is 1. The fourth-order valence-electron chi connectivity index (χ4n) is 1.46. The molecule has 0 atom stereocenters. The summed E-state index contributed by atoms with van der Waals surface area (Å²) >= 11 is 6.94. The second-order valence-electron chi connectivity index (χ2n) is 3.91. The van der Waals surface area contributed by atoms with Crippen LogP contribution in [0.3, 0.4) is 0 Å². The van der Waals surface area contributed by atoms with Crippen LogP contribution in [0.4, 0.5) is 5.00 Å². The molecule has 0 aliphatic carbocycles. The van der Waals surface area contributed by atoms with Crippen molar-refractivity contribution in [1.82, 2.24) is 0 Å². The number of ether oxygens (including phenoxy) is 1. The molecule has 0 bridgehead atoms. The molecule has 1 aromatic carbocycles. The fourth-order valence-corrected chi connectivity index (χ4v) is 2.34. The van der Waals surface area contributed by atoms with E-state index in [0.29, 0.717) is 21.2 Å². The predicted octanol–water partition coefficient (Wildman–Crippen LogP) is 3.07. The van der Waals surface area contributed by atoms with Gasteiger partial charge >= 0.3 is 5.97 Å². The van der Waals surface area contributed by atoms with Crippen LogP contribution in [0.2, 0.25) is 5.02 Å². The maximum atomic E-state index is 11.7. The Kier molecular flexibility index (Phi) is 4.93. The molecule has 5 nitrogen and oxygen atoms in total. The van der Waals surface area contributed by atoms with E-state index in [1.807, 2.05) is 6.07 Å². The molecule has 1 aromatic heterocycles. The Bertz CT molecular complexity index is 704. The number of rotatable bonds is 4. The van der Waals surface area contributed by atoms with Crippen molar-refractivity contribution in [1.29, 1.82) is 5.26 Å². The number of nitrogens with zero attached hydrogens (tertiary/aromatic N) is 1. The second kappa shape index (κ2) is 6.88. The fraction of sp³-hybridized carbons (Fsp3) is 0.0714. The number of carbonyl (C=O) groups is 2. The second-order valence-corrected chi connectivity index (χ2v) is 5.26. The lowest BCUT2D eigenvalue weighted by atomic mass is 10.2. The van der Waals surface area contributed by atoms with Gasteiger partial charge in [-0.25, -0.2) is 4.79 Å². The largest absolute Gasteiger partial charge is 0.452 e. The van der Waals surface area contributed by atoms with Crippen molar-refractivity contribution in [2.75, 3.05) is 11.9 Å². The molecule has 2 aromatic rings. The Balaban J connectivity index is 1.88. The highest BCUT2D eigenvalue weighted by Gasteiger charge is 2.12. The van der Waals surface area contributed by atoms with E-state index < -0.39 is 18.5 Å². The molecule has 0 aliphatic rings. The van der Waals surface area contributed by atoms with E-state index in [1.165, 1.54) is 23.5 Å². The van der Waals surface area contributed by atoms with Crippen LogP contribution in [0, 0.1) is 11.3 Å². The third-order valence-electron chi connectivity index (χ3n) is 2.45. The zero-order valence-electron chi connectivity index (χ0n) is 10.6. The summed E-state index contributed by atoms with van der Waals surface area (Å²) in [5, 5.41) is 14.0. The van der Waals surface area contributed by atoms with E-state index in [4.69, 9.17) is 21.6 Å². The minimum Gasteiger partial charge on any atom is -0.452 e. The van der Waals surface area contributed by atoms with E-state index in [1.54, 1.807) is 23.6 Å². The van der Waals surface area contributed by atoms with Crippen LogP contribution in [0.1, 0.15) is 15.9 Å². The van der Waals surface area contributed by atoms with E-state index in [2.05, 4.69) is 5.32 Å². The summed E-state index contributed by atoms with van der Waals surface area (Å²) in [6.45, 7) is -0.426. The Morgan fingerprint density at radius 3 is 2.67 bits per heavy atom. The van der Waals surface area contributed by atoms with Crippen LogP contribution in [-0.4, -0.2) is 18.5 Å². The maximum Gasteiger partial charge on any atom is 0.338 e. The lowest BCUT2D eigenvalue weighted by Gasteiger charge is -2.05. The summed E-state index contributed by atoms with van der Waals surface area (Å²) < 4.78 is 4.88. The number of thiophene rings is 1. The molecule has 21 heavy (non-hydrogen) atoms. The number of benzene rings is 1. The Labute approximate surface area is 129 Å². The number of nitrogens with one attached hydrogen (secondary N) is 1. The van der Waals surface area contributed by atoms with Gasteiger partial charge in [0.25, 0.3) is 5.91 Å². The molecule has 2 rings (SSSR count). The number of nitriles is 1. The molecule has 0 radical (unpaired) electrons. The topological polar surface area (TPSA) is 79.2 Å². The van der Waals surface area contributed by atoms with Crippen molar-refractivity contribution in [3.63, 3.8) is 0 Å². The van der Waals surface area contributed by atoms with Crippen molar-refractivity contribution >= 4 is 39.8 Å². The van der Waals surface area contributed by atoms with Gasteiger partial charge in [0.05, 0.1) is 11.1 Å². The molecular formula is C14H9ClN2O3S. The van der Waals surface area contributed by atoms with Crippen molar-refractivity contribution < 1.29 is 14.3 Å². The van der Waals surface area contributed by atoms with Gasteiger partial charge in [0.1, 0.15) is 11.1 Å². The molecule has 0 spiro atoms. The van der Waals surface area contributed by atoms with Gasteiger partial charge in [0, 0.05) is 5.02 Å². The highest BCUT2D eigenvalue weighted by Crippen LogP contribution is 2.21. The molecule has 0 unspecified atom stereocenters. The van der Waals surface area contributed by atoms with Gasteiger partial charge in [0.15, 0.2) is 6.61 Å². The number of carbonyl (C=O) groups excluding carboxylic acids is 2. The molecule has 0 saturated carbocycles. The van der Waals surface area contributed by atoms with E-state index >= 15 is 0 Å². The van der Waals surface area contributed by atoms with Crippen molar-refractivity contribution in [2.45, 2.75) is 0 Å². The van der Waals surface area contributed by atoms with Crippen LogP contribution in [0.15, 0.2) is 35.7 Å². The average molecular weight is 321 g/mol. The lowest BCUT2D eigenvalue weighted by Crippen LogP contribution is -2.20. The summed E-state index contributed by atoms with van der Waals surface area (Å²) in [5.74, 6) is -1.12. The zero-order valence-corrected chi connectivity index (χ0v) is 12.2. The number of anilines is 1. The van der Waals surface area contributed by atoms with E-state index in [0.717, 1.165) is 0 Å². The summed E-state index contributed by atoms with van der Waals surface area (Å²) in [7, 11) is 0. The molecule has 0 fully saturated rings. The lowest BCUT2D eigenvalue weighted by molar-refractivity contribution is -0.119. The number of hydrogen-bond acceptors (Lipinski definition) is 5. The van der Waals surface area contributed by atoms with Crippen molar-refractivity contribution in [2.24, 2.45) is 0 Å². The molecule has 0 aliphatic heterocycles. The van der Waals surface area contributed by atoms with Crippen LogP contribution < -0.4 is 5.32 Å². The third-order valence-corrected chi connectivity index (χ3v) is 3.53. The molecular weight excluding hydrogens is 312 g/mol. The number of halogens is 1. The van der Waals surface area contributed by atoms with Gasteiger partial charge < -0.3 is 10.1 Å². The summed E-state index contributed by atoms with van der Waals surface area (Å²) in [6, 6.07) is 9.69. The van der Waals surface area contributed by atoms with Crippen molar-refractivity contribution in [3.8, 4) is 6.07 Å². The monoisotopic (exact) mass is 320 g/mol. The van der Waals surface area contributed by atoms with Gasteiger partial charge in [-0.1, -0.05) is 11.6 Å². The molecule has 1 N–H and O–H groups in total. The normalized spacial score (nSPS) is 9.71. The predicted molar refractivity (Wildman–Crippen MR) is 79.4 cm³/mol. The van der Waals surface area contributed by atoms with Gasteiger partial charge in [0.2, 0.25) is 0 Å². The first-order valence-corrected chi connectivity index (χ1v) is 7.06. The van der Waals surface area contributed by atoms with Crippen molar-refractivity contribution in [3.05, 3.63) is 51.9 Å². The first kappa shape index (κ1) is 15.0. The highest BCUT2D eigenvalue weighted by atomic mass is 35.5. The smallest absolute Gasteiger partial charge is 0.338 e. The highest BCUT2D eigenvalue weighted by molar-refractivity contribution is 7.14. The standard InChI is InChI=1S/C14H9ClN2O3S/c15-11-3-1-9(2-4-11)14(19)20-8-12(18)17-13-10(7-16)5-6-21-13/h1-6H,8H2,(H,17,18). The first-order valence-electron chi connectivity index (χ1n) is 5.80. The Hall–Kier alpha value is -2.36. The van der Waals surface area contributed by atoms with Gasteiger partial charge in [-0.05, 0) is 35.7 Å². The summed E-state index contributed by atoms with van der Waals surface area (Å²) in [6.07, 6.45) is 0. The molecule has 1 heterocycles. The summed E-state index contributed by atoms with van der Waals surface area (Å²) in [5.41, 5.74) is 0.679. The molecule has 7 heteroatoms. The molecule has 0 saturated heterocycles. The Morgan fingerprint density at radius 1 is 1.29 bits per heavy atom. The van der Waals surface area contributed by atoms with Gasteiger partial charge in [-0.15, -0.1) is 11.3 Å². The van der Waals surface area contributed by atoms with Crippen LogP contribution in [-0.2, 0) is 9.53 Å². The van der Waals surface area contributed by atoms with Crippen LogP contribution in [0.25, 0.3) is 0 Å². The minimum absolute atomic E-state index is 0.307.